The van der Waals surface area contributed by atoms with E-state index in [0.29, 0.717) is 13.1 Å². The third kappa shape index (κ3) is 2.98. The van der Waals surface area contributed by atoms with Crippen molar-refractivity contribution in [2.75, 3.05) is 6.54 Å². The molecule has 0 fully saturated rings. The lowest BCUT2D eigenvalue weighted by atomic mass is 10.3. The standard InChI is InChI=1S/C13H19N5O2/c1-4-17(12(19)11-6-14-13(20)16-11)7-10-5-15-18(8-10)9(2)3/h5-6,8-9H,4,7H2,1-3H3,(H2,14,16,20). The molecule has 0 aliphatic carbocycles. The van der Waals surface area contributed by atoms with E-state index in [0.717, 1.165) is 5.56 Å². The highest BCUT2D eigenvalue weighted by atomic mass is 16.2. The second-order valence-electron chi connectivity index (χ2n) is 4.90. The second-order valence-corrected chi connectivity index (χ2v) is 4.90. The maximum absolute atomic E-state index is 12.2. The molecule has 2 heterocycles. The molecule has 7 heteroatoms. The molecule has 0 radical (unpaired) electrons. The molecule has 2 rings (SSSR count). The van der Waals surface area contributed by atoms with Crippen molar-refractivity contribution in [1.82, 2.24) is 24.6 Å². The number of aromatic amines is 2. The van der Waals surface area contributed by atoms with Crippen LogP contribution < -0.4 is 5.69 Å². The number of carbonyl (C=O) groups excluding carboxylic acids is 1. The summed E-state index contributed by atoms with van der Waals surface area (Å²) < 4.78 is 1.85. The van der Waals surface area contributed by atoms with Gasteiger partial charge in [-0.1, -0.05) is 0 Å². The summed E-state index contributed by atoms with van der Waals surface area (Å²) >= 11 is 0. The number of amides is 1. The van der Waals surface area contributed by atoms with Crippen LogP contribution in [0.3, 0.4) is 0 Å². The molecule has 0 saturated carbocycles. The number of H-pyrrole nitrogens is 2. The Morgan fingerprint density at radius 2 is 2.25 bits per heavy atom. The minimum atomic E-state index is -0.378. The van der Waals surface area contributed by atoms with Gasteiger partial charge in [0.2, 0.25) is 0 Å². The van der Waals surface area contributed by atoms with Crippen LogP contribution in [0, 0.1) is 0 Å². The first kappa shape index (κ1) is 14.1. The van der Waals surface area contributed by atoms with E-state index >= 15 is 0 Å². The molecule has 7 nitrogen and oxygen atoms in total. The van der Waals surface area contributed by atoms with E-state index in [-0.39, 0.29) is 23.3 Å². The van der Waals surface area contributed by atoms with Gasteiger partial charge in [-0.3, -0.25) is 9.48 Å². The number of rotatable bonds is 5. The summed E-state index contributed by atoms with van der Waals surface area (Å²) in [4.78, 5) is 29.9. The van der Waals surface area contributed by atoms with Crippen LogP contribution in [-0.4, -0.2) is 37.1 Å². The van der Waals surface area contributed by atoms with Crippen molar-refractivity contribution in [1.29, 1.82) is 0 Å². The van der Waals surface area contributed by atoms with Crippen LogP contribution in [0.15, 0.2) is 23.4 Å². The predicted molar refractivity (Wildman–Crippen MR) is 74.4 cm³/mol. The maximum Gasteiger partial charge on any atom is 0.323 e. The predicted octanol–water partition coefficient (Wildman–Crippen LogP) is 1.14. The molecule has 0 aliphatic heterocycles. The molecular weight excluding hydrogens is 258 g/mol. The Hall–Kier alpha value is -2.31. The number of hydrogen-bond acceptors (Lipinski definition) is 3. The molecule has 0 spiro atoms. The van der Waals surface area contributed by atoms with Crippen LogP contribution in [0.2, 0.25) is 0 Å². The van der Waals surface area contributed by atoms with Gasteiger partial charge in [-0.2, -0.15) is 5.10 Å². The summed E-state index contributed by atoms with van der Waals surface area (Å²) in [6, 6.07) is 0.288. The van der Waals surface area contributed by atoms with Crippen molar-refractivity contribution < 1.29 is 4.79 Å². The van der Waals surface area contributed by atoms with E-state index in [1.807, 2.05) is 31.6 Å². The summed E-state index contributed by atoms with van der Waals surface area (Å²) in [6.45, 7) is 7.01. The molecule has 0 unspecified atom stereocenters. The first-order chi connectivity index (χ1) is 9.51. The van der Waals surface area contributed by atoms with Crippen LogP contribution in [0.1, 0.15) is 42.9 Å². The van der Waals surface area contributed by atoms with Crippen molar-refractivity contribution in [3.05, 3.63) is 40.3 Å². The maximum atomic E-state index is 12.2. The average molecular weight is 277 g/mol. The minimum absolute atomic E-state index is 0.205. The zero-order valence-electron chi connectivity index (χ0n) is 11.9. The molecule has 2 aromatic rings. The van der Waals surface area contributed by atoms with Gasteiger partial charge >= 0.3 is 5.69 Å². The number of nitrogens with zero attached hydrogens (tertiary/aromatic N) is 3. The summed E-state index contributed by atoms with van der Waals surface area (Å²) in [6.07, 6.45) is 5.08. The summed E-state index contributed by atoms with van der Waals surface area (Å²) in [5.74, 6) is -0.205. The lowest BCUT2D eigenvalue weighted by Crippen LogP contribution is -2.30. The van der Waals surface area contributed by atoms with E-state index in [1.54, 1.807) is 11.1 Å². The van der Waals surface area contributed by atoms with Crippen LogP contribution in [0.5, 0.6) is 0 Å². The Balaban J connectivity index is 2.12. The quantitative estimate of drug-likeness (QED) is 0.859. The van der Waals surface area contributed by atoms with E-state index in [9.17, 15) is 9.59 Å². The zero-order chi connectivity index (χ0) is 14.7. The van der Waals surface area contributed by atoms with Gasteiger partial charge in [-0.05, 0) is 20.8 Å². The molecule has 20 heavy (non-hydrogen) atoms. The van der Waals surface area contributed by atoms with Crippen molar-refractivity contribution in [3.63, 3.8) is 0 Å². The molecule has 0 atom stereocenters. The molecule has 1 amide bonds. The SMILES string of the molecule is CCN(Cc1cnn(C(C)C)c1)C(=O)c1c[nH]c(=O)[nH]1. The van der Waals surface area contributed by atoms with Crippen molar-refractivity contribution in [2.24, 2.45) is 0 Å². The van der Waals surface area contributed by atoms with Crippen molar-refractivity contribution in [3.8, 4) is 0 Å². The van der Waals surface area contributed by atoms with E-state index in [2.05, 4.69) is 15.1 Å². The third-order valence-corrected chi connectivity index (χ3v) is 3.05. The topological polar surface area (TPSA) is 86.8 Å². The number of carbonyl (C=O) groups is 1. The lowest BCUT2D eigenvalue weighted by molar-refractivity contribution is 0.0747. The van der Waals surface area contributed by atoms with Gasteiger partial charge in [0.15, 0.2) is 0 Å². The van der Waals surface area contributed by atoms with Gasteiger partial charge in [0.25, 0.3) is 5.91 Å². The summed E-state index contributed by atoms with van der Waals surface area (Å²) in [5.41, 5.74) is 0.858. The first-order valence-corrected chi connectivity index (χ1v) is 6.61. The van der Waals surface area contributed by atoms with Crippen molar-refractivity contribution >= 4 is 5.91 Å². The molecule has 2 N–H and O–H groups in total. The molecular formula is C13H19N5O2. The number of aromatic nitrogens is 4. The smallest absolute Gasteiger partial charge is 0.323 e. The molecule has 2 aromatic heterocycles. The van der Waals surface area contributed by atoms with E-state index in [1.165, 1.54) is 6.20 Å². The average Bonchev–Trinajstić information content (AvgIpc) is 3.04. The van der Waals surface area contributed by atoms with Crippen LogP contribution in [0.4, 0.5) is 0 Å². The van der Waals surface area contributed by atoms with Gasteiger partial charge in [0, 0.05) is 37.1 Å². The molecule has 0 bridgehead atoms. The molecule has 0 aromatic carbocycles. The van der Waals surface area contributed by atoms with E-state index < -0.39 is 0 Å². The van der Waals surface area contributed by atoms with Gasteiger partial charge in [-0.15, -0.1) is 0 Å². The van der Waals surface area contributed by atoms with Crippen LogP contribution >= 0.6 is 0 Å². The van der Waals surface area contributed by atoms with Crippen LogP contribution in [-0.2, 0) is 6.54 Å². The monoisotopic (exact) mass is 277 g/mol. The van der Waals surface area contributed by atoms with E-state index in [4.69, 9.17) is 0 Å². The number of nitrogens with one attached hydrogen (secondary N) is 2. The molecule has 0 aliphatic rings. The third-order valence-electron chi connectivity index (χ3n) is 3.05. The number of hydrogen-bond donors (Lipinski definition) is 2. The highest BCUT2D eigenvalue weighted by Crippen LogP contribution is 2.10. The number of imidazole rings is 1. The summed E-state index contributed by atoms with van der Waals surface area (Å²) in [7, 11) is 0. The minimum Gasteiger partial charge on any atom is -0.333 e. The lowest BCUT2D eigenvalue weighted by Gasteiger charge is -2.19. The Kier molecular flexibility index (Phi) is 4.07. The van der Waals surface area contributed by atoms with Gasteiger partial charge < -0.3 is 14.9 Å². The Morgan fingerprint density at radius 3 is 2.75 bits per heavy atom. The molecule has 0 saturated heterocycles. The second kappa shape index (κ2) is 5.77. The Labute approximate surface area is 116 Å². The van der Waals surface area contributed by atoms with Gasteiger partial charge in [0.05, 0.1) is 6.20 Å². The highest BCUT2D eigenvalue weighted by molar-refractivity contribution is 5.91. The fourth-order valence-electron chi connectivity index (χ4n) is 1.91. The molecule has 108 valence electrons. The zero-order valence-corrected chi connectivity index (χ0v) is 11.9. The highest BCUT2D eigenvalue weighted by Gasteiger charge is 2.17. The van der Waals surface area contributed by atoms with Gasteiger partial charge in [0.1, 0.15) is 5.69 Å². The van der Waals surface area contributed by atoms with Crippen LogP contribution in [0.25, 0.3) is 0 Å². The largest absolute Gasteiger partial charge is 0.333 e. The van der Waals surface area contributed by atoms with Gasteiger partial charge in [-0.25, -0.2) is 4.79 Å². The summed E-state index contributed by atoms with van der Waals surface area (Å²) in [5, 5.41) is 4.25. The van der Waals surface area contributed by atoms with Crippen molar-refractivity contribution in [2.45, 2.75) is 33.4 Å². The fourth-order valence-corrected chi connectivity index (χ4v) is 1.91. The Morgan fingerprint density at radius 1 is 1.50 bits per heavy atom. The fraction of sp³-hybridized carbons (Fsp3) is 0.462. The first-order valence-electron chi connectivity index (χ1n) is 6.61. The Bertz CT molecular complexity index is 637. The normalized spacial score (nSPS) is 11.0.